The Morgan fingerprint density at radius 2 is 1.71 bits per heavy atom. The molecular formula is C23H24ClN3O. The van der Waals surface area contributed by atoms with E-state index in [-0.39, 0.29) is 5.91 Å². The first-order valence-corrected chi connectivity index (χ1v) is 10.1. The molecule has 1 heterocycles. The summed E-state index contributed by atoms with van der Waals surface area (Å²) in [6.45, 7) is 1.34. The SMILES string of the molecule is O=C(NCc1ccc(Cn2ccnc2)cc1)C1(c2ccc(Cl)cc2)CCCC1. The first-order valence-electron chi connectivity index (χ1n) is 9.74. The van der Waals surface area contributed by atoms with Gasteiger partial charge in [0.25, 0.3) is 0 Å². The highest BCUT2D eigenvalue weighted by atomic mass is 35.5. The Morgan fingerprint density at radius 1 is 1.04 bits per heavy atom. The van der Waals surface area contributed by atoms with E-state index in [9.17, 15) is 4.79 Å². The molecule has 1 aromatic heterocycles. The van der Waals surface area contributed by atoms with Crippen molar-refractivity contribution in [2.75, 3.05) is 0 Å². The van der Waals surface area contributed by atoms with Crippen LogP contribution in [0.15, 0.2) is 67.3 Å². The van der Waals surface area contributed by atoms with Crippen LogP contribution in [0.4, 0.5) is 0 Å². The number of hydrogen-bond acceptors (Lipinski definition) is 2. The maximum Gasteiger partial charge on any atom is 0.230 e. The molecule has 0 unspecified atom stereocenters. The molecule has 1 amide bonds. The van der Waals surface area contributed by atoms with E-state index in [1.54, 1.807) is 6.20 Å². The molecule has 5 heteroatoms. The molecule has 0 atom stereocenters. The Morgan fingerprint density at radius 3 is 2.36 bits per heavy atom. The lowest BCUT2D eigenvalue weighted by atomic mass is 9.78. The molecule has 1 aliphatic rings. The van der Waals surface area contributed by atoms with Gasteiger partial charge in [0, 0.05) is 30.5 Å². The van der Waals surface area contributed by atoms with Gasteiger partial charge in [-0.2, -0.15) is 0 Å². The van der Waals surface area contributed by atoms with Gasteiger partial charge in [0.1, 0.15) is 0 Å². The minimum absolute atomic E-state index is 0.120. The molecule has 28 heavy (non-hydrogen) atoms. The van der Waals surface area contributed by atoms with Crippen molar-refractivity contribution in [1.29, 1.82) is 0 Å². The van der Waals surface area contributed by atoms with E-state index in [1.165, 1.54) is 5.56 Å². The maximum absolute atomic E-state index is 13.2. The van der Waals surface area contributed by atoms with Gasteiger partial charge in [-0.3, -0.25) is 4.79 Å². The summed E-state index contributed by atoms with van der Waals surface area (Å²) in [5.74, 6) is 0.120. The second-order valence-corrected chi connectivity index (χ2v) is 7.97. The van der Waals surface area contributed by atoms with Crippen LogP contribution in [-0.2, 0) is 23.3 Å². The van der Waals surface area contributed by atoms with E-state index in [2.05, 4.69) is 34.6 Å². The molecule has 1 saturated carbocycles. The molecule has 0 bridgehead atoms. The molecule has 0 spiro atoms. The minimum atomic E-state index is -0.425. The van der Waals surface area contributed by atoms with Crippen LogP contribution >= 0.6 is 11.6 Å². The number of carbonyl (C=O) groups is 1. The fraction of sp³-hybridized carbons (Fsp3) is 0.304. The lowest BCUT2D eigenvalue weighted by Crippen LogP contribution is -2.42. The van der Waals surface area contributed by atoms with Crippen molar-refractivity contribution in [1.82, 2.24) is 14.9 Å². The third-order valence-corrected chi connectivity index (χ3v) is 5.94. The number of nitrogens with zero attached hydrogens (tertiary/aromatic N) is 2. The number of halogens is 1. The monoisotopic (exact) mass is 393 g/mol. The zero-order valence-electron chi connectivity index (χ0n) is 15.8. The molecular weight excluding hydrogens is 370 g/mol. The van der Waals surface area contributed by atoms with Gasteiger partial charge >= 0.3 is 0 Å². The maximum atomic E-state index is 13.2. The standard InChI is InChI=1S/C23H24ClN3O/c24-21-9-7-20(8-10-21)23(11-1-2-12-23)22(28)26-15-18-3-5-19(6-4-18)16-27-14-13-25-17-27/h3-10,13-14,17H,1-2,11-12,15-16H2,(H,26,28). The van der Waals surface area contributed by atoms with Gasteiger partial charge < -0.3 is 9.88 Å². The minimum Gasteiger partial charge on any atom is -0.351 e. The van der Waals surface area contributed by atoms with Gasteiger partial charge in [-0.05, 0) is 41.7 Å². The second kappa shape index (κ2) is 8.19. The van der Waals surface area contributed by atoms with Crippen molar-refractivity contribution in [3.63, 3.8) is 0 Å². The van der Waals surface area contributed by atoms with Crippen LogP contribution in [0.25, 0.3) is 0 Å². The smallest absolute Gasteiger partial charge is 0.230 e. The lowest BCUT2D eigenvalue weighted by Gasteiger charge is -2.28. The highest BCUT2D eigenvalue weighted by Gasteiger charge is 2.42. The van der Waals surface area contributed by atoms with Crippen molar-refractivity contribution in [3.8, 4) is 0 Å². The summed E-state index contributed by atoms with van der Waals surface area (Å²) in [5, 5.41) is 3.87. The van der Waals surface area contributed by atoms with Crippen LogP contribution in [-0.4, -0.2) is 15.5 Å². The summed E-state index contributed by atoms with van der Waals surface area (Å²) in [6.07, 6.45) is 9.49. The van der Waals surface area contributed by atoms with Crippen LogP contribution in [0.3, 0.4) is 0 Å². The molecule has 2 aromatic carbocycles. The summed E-state index contributed by atoms with van der Waals surface area (Å²) in [7, 11) is 0. The molecule has 0 saturated heterocycles. The van der Waals surface area contributed by atoms with Crippen LogP contribution in [0.1, 0.15) is 42.4 Å². The van der Waals surface area contributed by atoms with Crippen LogP contribution in [0.5, 0.6) is 0 Å². The summed E-state index contributed by atoms with van der Waals surface area (Å²) in [5.41, 5.74) is 2.96. The Balaban J connectivity index is 1.41. The lowest BCUT2D eigenvalue weighted by molar-refractivity contribution is -0.126. The van der Waals surface area contributed by atoms with Gasteiger partial charge in [-0.25, -0.2) is 4.98 Å². The fourth-order valence-electron chi connectivity index (χ4n) is 4.10. The number of imidazole rings is 1. The van der Waals surface area contributed by atoms with Gasteiger partial charge in [-0.1, -0.05) is 60.8 Å². The fourth-order valence-corrected chi connectivity index (χ4v) is 4.23. The van der Waals surface area contributed by atoms with Gasteiger partial charge in [-0.15, -0.1) is 0 Å². The third-order valence-electron chi connectivity index (χ3n) is 5.69. The summed E-state index contributed by atoms with van der Waals surface area (Å²) >= 11 is 6.04. The number of hydrogen-bond donors (Lipinski definition) is 1. The van der Waals surface area contributed by atoms with Gasteiger partial charge in [0.15, 0.2) is 0 Å². The highest BCUT2D eigenvalue weighted by Crippen LogP contribution is 2.41. The van der Waals surface area contributed by atoms with E-state index in [1.807, 2.05) is 41.4 Å². The van der Waals surface area contributed by atoms with Gasteiger partial charge in [0.05, 0.1) is 11.7 Å². The first-order chi connectivity index (χ1) is 13.7. The quantitative estimate of drug-likeness (QED) is 0.659. The second-order valence-electron chi connectivity index (χ2n) is 7.53. The average Bonchev–Trinajstić information content (AvgIpc) is 3.40. The summed E-state index contributed by atoms with van der Waals surface area (Å²) < 4.78 is 2.03. The van der Waals surface area contributed by atoms with Crippen molar-refractivity contribution in [2.24, 2.45) is 0 Å². The number of benzene rings is 2. The number of rotatable bonds is 6. The van der Waals surface area contributed by atoms with Crippen molar-refractivity contribution >= 4 is 17.5 Å². The molecule has 3 aromatic rings. The predicted octanol–water partition coefficient (Wildman–Crippen LogP) is 4.71. The zero-order valence-corrected chi connectivity index (χ0v) is 16.5. The Hall–Kier alpha value is -2.59. The van der Waals surface area contributed by atoms with E-state index in [0.717, 1.165) is 43.4 Å². The van der Waals surface area contributed by atoms with Crippen molar-refractivity contribution < 1.29 is 4.79 Å². The Bertz CT molecular complexity index is 911. The molecule has 0 radical (unpaired) electrons. The predicted molar refractivity (Wildman–Crippen MR) is 111 cm³/mol. The van der Waals surface area contributed by atoms with E-state index >= 15 is 0 Å². The zero-order chi connectivity index (χ0) is 19.4. The number of nitrogens with one attached hydrogen (secondary N) is 1. The summed E-state index contributed by atoms with van der Waals surface area (Å²) in [6, 6.07) is 16.1. The van der Waals surface area contributed by atoms with E-state index in [4.69, 9.17) is 11.6 Å². The van der Waals surface area contributed by atoms with Crippen LogP contribution < -0.4 is 5.32 Å². The molecule has 4 nitrogen and oxygen atoms in total. The normalized spacial score (nSPS) is 15.5. The Labute approximate surface area is 170 Å². The average molecular weight is 394 g/mol. The molecule has 4 rings (SSSR count). The van der Waals surface area contributed by atoms with Gasteiger partial charge in [0.2, 0.25) is 5.91 Å². The largest absolute Gasteiger partial charge is 0.351 e. The number of aromatic nitrogens is 2. The van der Waals surface area contributed by atoms with Crippen molar-refractivity contribution in [3.05, 3.63) is 89.0 Å². The van der Waals surface area contributed by atoms with E-state index < -0.39 is 5.41 Å². The topological polar surface area (TPSA) is 46.9 Å². The van der Waals surface area contributed by atoms with Crippen molar-refractivity contribution in [2.45, 2.75) is 44.2 Å². The summed E-state index contributed by atoms with van der Waals surface area (Å²) in [4.78, 5) is 17.2. The van der Waals surface area contributed by atoms with E-state index in [0.29, 0.717) is 11.6 Å². The molecule has 1 N–H and O–H groups in total. The van der Waals surface area contributed by atoms with Crippen LogP contribution in [0.2, 0.25) is 5.02 Å². The van der Waals surface area contributed by atoms with Crippen LogP contribution in [0, 0.1) is 0 Å². The molecule has 1 fully saturated rings. The Kier molecular flexibility index (Phi) is 5.49. The molecule has 0 aliphatic heterocycles. The molecule has 1 aliphatic carbocycles. The first kappa shape index (κ1) is 18.8. The molecule has 144 valence electrons. The third kappa shape index (κ3) is 3.97. The highest BCUT2D eigenvalue weighted by molar-refractivity contribution is 6.30. The number of amides is 1. The number of carbonyl (C=O) groups excluding carboxylic acids is 1.